The second-order valence-corrected chi connectivity index (χ2v) is 5.16. The highest BCUT2D eigenvalue weighted by Crippen LogP contribution is 2.40. The van der Waals surface area contributed by atoms with E-state index in [9.17, 15) is 14.5 Å². The van der Waals surface area contributed by atoms with Gasteiger partial charge in [0.1, 0.15) is 11.5 Å². The van der Waals surface area contributed by atoms with Crippen molar-refractivity contribution in [2.24, 2.45) is 0 Å². The Morgan fingerprint density at radius 2 is 2.05 bits per heavy atom. The average Bonchev–Trinajstić information content (AvgIpc) is 2.89. The van der Waals surface area contributed by atoms with Crippen LogP contribution in [0.5, 0.6) is 0 Å². The molecule has 0 saturated carbocycles. The van der Waals surface area contributed by atoms with Crippen molar-refractivity contribution in [2.45, 2.75) is 12.3 Å². The molecule has 2 aromatic rings. The van der Waals surface area contributed by atoms with Gasteiger partial charge in [-0.25, -0.2) is 4.39 Å². The predicted molar refractivity (Wildman–Crippen MR) is 79.8 cm³/mol. The molecular formula is C15H12ClFN2O2. The van der Waals surface area contributed by atoms with E-state index < -0.39 is 4.92 Å². The highest BCUT2D eigenvalue weighted by molar-refractivity contribution is 6.17. The first-order valence-corrected chi connectivity index (χ1v) is 7.03. The zero-order chi connectivity index (χ0) is 15.0. The molecule has 3 rings (SSSR count). The summed E-state index contributed by atoms with van der Waals surface area (Å²) in [5.41, 5.74) is 2.83. The van der Waals surface area contributed by atoms with Crippen LogP contribution in [0, 0.1) is 15.9 Å². The second kappa shape index (κ2) is 5.33. The van der Waals surface area contributed by atoms with Gasteiger partial charge in [-0.05, 0) is 35.7 Å². The highest BCUT2D eigenvalue weighted by atomic mass is 35.5. The summed E-state index contributed by atoms with van der Waals surface area (Å²) >= 11 is 5.73. The summed E-state index contributed by atoms with van der Waals surface area (Å²) in [5.74, 6) is -0.132. The van der Waals surface area contributed by atoms with Crippen LogP contribution in [0.4, 0.5) is 21.5 Å². The summed E-state index contributed by atoms with van der Waals surface area (Å²) in [6.45, 7) is 0.597. The van der Waals surface area contributed by atoms with Gasteiger partial charge in [0.05, 0.1) is 4.92 Å². The summed E-state index contributed by atoms with van der Waals surface area (Å²) in [5, 5.41) is 11.3. The van der Waals surface area contributed by atoms with Crippen LogP contribution in [0.15, 0.2) is 36.4 Å². The van der Waals surface area contributed by atoms with E-state index in [-0.39, 0.29) is 17.4 Å². The number of hydrogen-bond donors (Lipinski definition) is 0. The van der Waals surface area contributed by atoms with Gasteiger partial charge in [-0.2, -0.15) is 0 Å². The number of halogens is 2. The van der Waals surface area contributed by atoms with E-state index in [1.807, 2.05) is 0 Å². The molecule has 0 atom stereocenters. The second-order valence-electron chi connectivity index (χ2n) is 4.89. The lowest BCUT2D eigenvalue weighted by molar-refractivity contribution is -0.384. The van der Waals surface area contributed by atoms with Crippen molar-refractivity contribution in [1.82, 2.24) is 0 Å². The van der Waals surface area contributed by atoms with Crippen molar-refractivity contribution < 1.29 is 9.31 Å². The maximum absolute atomic E-state index is 13.5. The Morgan fingerprint density at radius 1 is 1.24 bits per heavy atom. The van der Waals surface area contributed by atoms with Crippen molar-refractivity contribution in [3.63, 3.8) is 0 Å². The van der Waals surface area contributed by atoms with Crippen LogP contribution >= 0.6 is 11.6 Å². The van der Waals surface area contributed by atoms with Gasteiger partial charge in [-0.3, -0.25) is 10.1 Å². The third-order valence-corrected chi connectivity index (χ3v) is 3.93. The number of nitro groups is 1. The molecule has 0 spiro atoms. The number of benzene rings is 2. The molecule has 0 unspecified atom stereocenters. The summed E-state index contributed by atoms with van der Waals surface area (Å²) in [4.78, 5) is 12.6. The van der Waals surface area contributed by atoms with E-state index in [0.717, 1.165) is 12.0 Å². The summed E-state index contributed by atoms with van der Waals surface area (Å²) in [7, 11) is 0. The SMILES string of the molecule is O=[N+]([O-])c1cc(CCl)ccc1N1CCc2ccc(F)cc21. The van der Waals surface area contributed by atoms with Crippen LogP contribution in [0.1, 0.15) is 11.1 Å². The van der Waals surface area contributed by atoms with E-state index >= 15 is 0 Å². The molecule has 0 radical (unpaired) electrons. The number of fused-ring (bicyclic) bond motifs is 1. The molecule has 0 fully saturated rings. The molecule has 1 heterocycles. The van der Waals surface area contributed by atoms with E-state index in [4.69, 9.17) is 11.6 Å². The van der Waals surface area contributed by atoms with Crippen molar-refractivity contribution in [3.8, 4) is 0 Å². The summed E-state index contributed by atoms with van der Waals surface area (Å²) in [6.07, 6.45) is 0.740. The largest absolute Gasteiger partial charge is 0.335 e. The predicted octanol–water partition coefficient (Wildman–Crippen LogP) is 4.17. The normalized spacial score (nSPS) is 13.3. The minimum Gasteiger partial charge on any atom is -0.335 e. The monoisotopic (exact) mass is 306 g/mol. The smallest absolute Gasteiger partial charge is 0.293 e. The van der Waals surface area contributed by atoms with Crippen LogP contribution in [0.25, 0.3) is 0 Å². The lowest BCUT2D eigenvalue weighted by Crippen LogP contribution is -2.15. The van der Waals surface area contributed by atoms with Crippen molar-refractivity contribution in [2.75, 3.05) is 11.4 Å². The lowest BCUT2D eigenvalue weighted by Gasteiger charge is -2.19. The van der Waals surface area contributed by atoms with E-state index in [1.165, 1.54) is 18.2 Å². The van der Waals surface area contributed by atoms with Crippen molar-refractivity contribution in [1.29, 1.82) is 0 Å². The van der Waals surface area contributed by atoms with Gasteiger partial charge in [0, 0.05) is 24.2 Å². The lowest BCUT2D eigenvalue weighted by atomic mass is 10.1. The Kier molecular flexibility index (Phi) is 3.51. The zero-order valence-electron chi connectivity index (χ0n) is 11.1. The Bertz CT molecular complexity index is 721. The van der Waals surface area contributed by atoms with Gasteiger partial charge in [-0.1, -0.05) is 12.1 Å². The topological polar surface area (TPSA) is 46.4 Å². The summed E-state index contributed by atoms with van der Waals surface area (Å²) < 4.78 is 13.5. The minimum absolute atomic E-state index is 0.00902. The van der Waals surface area contributed by atoms with Gasteiger partial charge in [-0.15, -0.1) is 11.6 Å². The standard InChI is InChI=1S/C15H12ClFN2O2/c16-9-10-1-4-13(15(7-10)19(20)21)18-6-5-11-2-3-12(17)8-14(11)18/h1-4,7-8H,5-6,9H2. The molecular weight excluding hydrogens is 295 g/mol. The van der Waals surface area contributed by atoms with Crippen LogP contribution in [0.3, 0.4) is 0 Å². The first-order valence-electron chi connectivity index (χ1n) is 6.49. The van der Waals surface area contributed by atoms with Crippen molar-refractivity contribution in [3.05, 3.63) is 63.5 Å². The maximum Gasteiger partial charge on any atom is 0.293 e. The molecule has 1 aliphatic heterocycles. The Hall–Kier alpha value is -2.14. The average molecular weight is 307 g/mol. The molecule has 1 aliphatic rings. The molecule has 0 aromatic heterocycles. The molecule has 4 nitrogen and oxygen atoms in total. The maximum atomic E-state index is 13.5. The molecule has 0 aliphatic carbocycles. The zero-order valence-corrected chi connectivity index (χ0v) is 11.8. The van der Waals surface area contributed by atoms with Crippen molar-refractivity contribution >= 4 is 28.7 Å². The fourth-order valence-corrected chi connectivity index (χ4v) is 2.80. The molecule has 0 bridgehead atoms. The Balaban J connectivity index is 2.11. The fraction of sp³-hybridized carbons (Fsp3) is 0.200. The molecule has 108 valence electrons. The Labute approximate surface area is 125 Å². The van der Waals surface area contributed by atoms with E-state index in [0.29, 0.717) is 23.5 Å². The van der Waals surface area contributed by atoms with Gasteiger partial charge < -0.3 is 4.90 Å². The number of nitro benzene ring substituents is 1. The van der Waals surface area contributed by atoms with Crippen LogP contribution in [-0.2, 0) is 12.3 Å². The number of hydrogen-bond acceptors (Lipinski definition) is 3. The van der Waals surface area contributed by atoms with Gasteiger partial charge in [0.25, 0.3) is 5.69 Å². The molecule has 0 saturated heterocycles. The third kappa shape index (κ3) is 2.45. The number of rotatable bonds is 3. The van der Waals surface area contributed by atoms with Gasteiger partial charge >= 0.3 is 0 Å². The first-order chi connectivity index (χ1) is 10.1. The molecule has 0 N–H and O–H groups in total. The van der Waals surface area contributed by atoms with Crippen LogP contribution < -0.4 is 4.90 Å². The molecule has 6 heteroatoms. The van der Waals surface area contributed by atoms with Crippen LogP contribution in [-0.4, -0.2) is 11.5 Å². The first kappa shape index (κ1) is 13.8. The third-order valence-electron chi connectivity index (χ3n) is 3.62. The fourth-order valence-electron chi connectivity index (χ4n) is 2.63. The number of alkyl halides is 1. The minimum atomic E-state index is -0.428. The van der Waals surface area contributed by atoms with E-state index in [1.54, 1.807) is 23.1 Å². The molecule has 2 aromatic carbocycles. The van der Waals surface area contributed by atoms with Gasteiger partial charge in [0.15, 0.2) is 0 Å². The molecule has 0 amide bonds. The Morgan fingerprint density at radius 3 is 2.76 bits per heavy atom. The summed E-state index contributed by atoms with van der Waals surface area (Å²) in [6, 6.07) is 9.46. The highest BCUT2D eigenvalue weighted by Gasteiger charge is 2.27. The number of nitrogens with zero attached hydrogens (tertiary/aromatic N) is 2. The number of anilines is 2. The van der Waals surface area contributed by atoms with Crippen LogP contribution in [0.2, 0.25) is 0 Å². The van der Waals surface area contributed by atoms with E-state index in [2.05, 4.69) is 0 Å². The quantitative estimate of drug-likeness (QED) is 0.486. The molecule has 21 heavy (non-hydrogen) atoms. The van der Waals surface area contributed by atoms with Gasteiger partial charge in [0.2, 0.25) is 0 Å².